The summed E-state index contributed by atoms with van der Waals surface area (Å²) in [6.45, 7) is 0. The molecule has 0 saturated carbocycles. The van der Waals surface area contributed by atoms with Gasteiger partial charge in [-0.05, 0) is 30.3 Å². The van der Waals surface area contributed by atoms with Crippen LogP contribution in [0.5, 0.6) is 5.75 Å². The number of carbonyl (C=O) groups is 1. The number of amides is 1. The van der Waals surface area contributed by atoms with Gasteiger partial charge in [-0.15, -0.1) is 0 Å². The summed E-state index contributed by atoms with van der Waals surface area (Å²) in [4.78, 5) is 16.4. The maximum absolute atomic E-state index is 12.0. The molecule has 5 heteroatoms. The number of ether oxygens (including phenoxy) is 1. The minimum Gasteiger partial charge on any atom is -0.497 e. The van der Waals surface area contributed by atoms with Gasteiger partial charge in [-0.1, -0.05) is 24.3 Å². The lowest BCUT2D eigenvalue weighted by Crippen LogP contribution is -2.17. The zero-order valence-corrected chi connectivity index (χ0v) is 12.6. The second-order valence-electron chi connectivity index (χ2n) is 4.85. The zero-order chi connectivity index (χ0) is 16.1. The third-order valence-electron chi connectivity index (χ3n) is 3.39. The van der Waals surface area contributed by atoms with E-state index in [-0.39, 0.29) is 5.91 Å². The van der Waals surface area contributed by atoms with Crippen molar-refractivity contribution in [2.24, 2.45) is 5.10 Å². The van der Waals surface area contributed by atoms with E-state index in [1.165, 1.54) is 0 Å². The summed E-state index contributed by atoms with van der Waals surface area (Å²) >= 11 is 0. The number of benzene rings is 2. The number of pyridine rings is 1. The quantitative estimate of drug-likeness (QED) is 0.595. The van der Waals surface area contributed by atoms with Gasteiger partial charge in [0.25, 0.3) is 5.91 Å². The van der Waals surface area contributed by atoms with E-state index < -0.39 is 0 Å². The molecular formula is C18H15N3O2. The van der Waals surface area contributed by atoms with Gasteiger partial charge < -0.3 is 4.74 Å². The maximum Gasteiger partial charge on any atom is 0.271 e. The van der Waals surface area contributed by atoms with Crippen molar-refractivity contribution in [3.05, 3.63) is 71.9 Å². The molecule has 0 unspecified atom stereocenters. The summed E-state index contributed by atoms with van der Waals surface area (Å²) < 4.78 is 5.06. The third kappa shape index (κ3) is 3.35. The number of carbonyl (C=O) groups excluding carboxylic acids is 1. The van der Waals surface area contributed by atoms with E-state index >= 15 is 0 Å². The fourth-order valence-electron chi connectivity index (χ4n) is 2.20. The Bertz CT molecular complexity index is 852. The van der Waals surface area contributed by atoms with E-state index in [0.717, 1.165) is 16.5 Å². The van der Waals surface area contributed by atoms with Gasteiger partial charge in [0.15, 0.2) is 0 Å². The van der Waals surface area contributed by atoms with Crippen LogP contribution >= 0.6 is 0 Å². The average Bonchev–Trinajstić information content (AvgIpc) is 2.62. The molecule has 0 aliphatic carbocycles. The number of aromatic nitrogens is 1. The van der Waals surface area contributed by atoms with Crippen LogP contribution in [0.15, 0.2) is 65.9 Å². The molecule has 0 aliphatic rings. The molecule has 23 heavy (non-hydrogen) atoms. The minimum atomic E-state index is -0.280. The van der Waals surface area contributed by atoms with Crippen molar-refractivity contribution in [2.75, 3.05) is 7.11 Å². The number of methoxy groups -OCH3 is 1. The summed E-state index contributed by atoms with van der Waals surface area (Å²) in [7, 11) is 1.58. The number of rotatable bonds is 4. The SMILES string of the molecule is COc1ccc(C(=O)N/N=C/c2cccc3cccnc23)cc1. The number of nitrogens with one attached hydrogen (secondary N) is 1. The molecule has 1 amide bonds. The Morgan fingerprint density at radius 2 is 1.91 bits per heavy atom. The van der Waals surface area contributed by atoms with Crippen LogP contribution in [0, 0.1) is 0 Å². The van der Waals surface area contributed by atoms with Crippen molar-refractivity contribution in [2.45, 2.75) is 0 Å². The largest absolute Gasteiger partial charge is 0.497 e. The average molecular weight is 305 g/mol. The molecule has 0 bridgehead atoms. The van der Waals surface area contributed by atoms with Gasteiger partial charge in [0, 0.05) is 22.7 Å². The van der Waals surface area contributed by atoms with Crippen LogP contribution in [0.4, 0.5) is 0 Å². The van der Waals surface area contributed by atoms with Gasteiger partial charge in [0.2, 0.25) is 0 Å². The van der Waals surface area contributed by atoms with Crippen LogP contribution in [0.3, 0.4) is 0 Å². The van der Waals surface area contributed by atoms with Crippen LogP contribution in [0.2, 0.25) is 0 Å². The van der Waals surface area contributed by atoms with Gasteiger partial charge in [0.1, 0.15) is 5.75 Å². The van der Waals surface area contributed by atoms with Crippen molar-refractivity contribution < 1.29 is 9.53 Å². The topological polar surface area (TPSA) is 63.6 Å². The van der Waals surface area contributed by atoms with Crippen molar-refractivity contribution in [3.8, 4) is 5.75 Å². The number of fused-ring (bicyclic) bond motifs is 1. The Morgan fingerprint density at radius 1 is 1.13 bits per heavy atom. The van der Waals surface area contributed by atoms with Crippen molar-refractivity contribution >= 4 is 23.0 Å². The molecule has 0 aliphatic heterocycles. The second kappa shape index (κ2) is 6.70. The molecule has 0 atom stereocenters. The normalized spacial score (nSPS) is 10.8. The zero-order valence-electron chi connectivity index (χ0n) is 12.6. The van der Waals surface area contributed by atoms with Gasteiger partial charge in [-0.3, -0.25) is 9.78 Å². The van der Waals surface area contributed by atoms with E-state index in [4.69, 9.17) is 4.74 Å². The van der Waals surface area contributed by atoms with Gasteiger partial charge in [-0.25, -0.2) is 5.43 Å². The molecule has 0 spiro atoms. The van der Waals surface area contributed by atoms with E-state index in [1.54, 1.807) is 43.8 Å². The number of hydrogen-bond acceptors (Lipinski definition) is 4. The highest BCUT2D eigenvalue weighted by atomic mass is 16.5. The van der Waals surface area contributed by atoms with Crippen LogP contribution in [-0.2, 0) is 0 Å². The molecule has 5 nitrogen and oxygen atoms in total. The number of hydrogen-bond donors (Lipinski definition) is 1. The molecule has 1 N–H and O–H groups in total. The van der Waals surface area contributed by atoms with E-state index in [0.29, 0.717) is 11.3 Å². The van der Waals surface area contributed by atoms with Gasteiger partial charge in [-0.2, -0.15) is 5.10 Å². The molecule has 1 heterocycles. The fraction of sp³-hybridized carbons (Fsp3) is 0.0556. The first-order chi connectivity index (χ1) is 11.3. The van der Waals surface area contributed by atoms with E-state index in [1.807, 2.05) is 30.3 Å². The van der Waals surface area contributed by atoms with Crippen LogP contribution in [0.25, 0.3) is 10.9 Å². The number of hydrazone groups is 1. The molecule has 3 aromatic rings. The van der Waals surface area contributed by atoms with Crippen molar-refractivity contribution in [1.82, 2.24) is 10.4 Å². The van der Waals surface area contributed by atoms with Crippen LogP contribution in [-0.4, -0.2) is 24.2 Å². The Balaban J connectivity index is 1.73. The van der Waals surface area contributed by atoms with Crippen LogP contribution < -0.4 is 10.2 Å². The first kappa shape index (κ1) is 14.7. The molecule has 0 saturated heterocycles. The standard InChI is InChI=1S/C18H15N3O2/c1-23-16-9-7-14(8-10-16)18(22)21-20-12-15-5-2-4-13-6-3-11-19-17(13)15/h2-12H,1H3,(H,21,22)/b20-12+. The Morgan fingerprint density at radius 3 is 2.70 bits per heavy atom. The summed E-state index contributed by atoms with van der Waals surface area (Å²) in [6.07, 6.45) is 3.33. The fourth-order valence-corrected chi connectivity index (χ4v) is 2.20. The van der Waals surface area contributed by atoms with Crippen molar-refractivity contribution in [3.63, 3.8) is 0 Å². The number of nitrogens with zero attached hydrogens (tertiary/aromatic N) is 2. The first-order valence-corrected chi connectivity index (χ1v) is 7.09. The molecule has 0 radical (unpaired) electrons. The molecule has 1 aromatic heterocycles. The second-order valence-corrected chi connectivity index (χ2v) is 4.85. The Labute approximate surface area is 133 Å². The third-order valence-corrected chi connectivity index (χ3v) is 3.39. The lowest BCUT2D eigenvalue weighted by molar-refractivity contribution is 0.0955. The highest BCUT2D eigenvalue weighted by Gasteiger charge is 2.04. The molecule has 0 fully saturated rings. The van der Waals surface area contributed by atoms with Gasteiger partial charge >= 0.3 is 0 Å². The lowest BCUT2D eigenvalue weighted by Gasteiger charge is -2.03. The monoisotopic (exact) mass is 305 g/mol. The summed E-state index contributed by atoms with van der Waals surface area (Å²) in [5.74, 6) is 0.420. The van der Waals surface area contributed by atoms with Crippen LogP contribution in [0.1, 0.15) is 15.9 Å². The Kier molecular flexibility index (Phi) is 4.29. The van der Waals surface area contributed by atoms with Crippen molar-refractivity contribution in [1.29, 1.82) is 0 Å². The van der Waals surface area contributed by atoms with E-state index in [9.17, 15) is 4.79 Å². The number of para-hydroxylation sites is 1. The van der Waals surface area contributed by atoms with Gasteiger partial charge in [0.05, 0.1) is 18.8 Å². The smallest absolute Gasteiger partial charge is 0.271 e. The summed E-state index contributed by atoms with van der Waals surface area (Å²) in [5, 5.41) is 5.04. The molecule has 3 rings (SSSR count). The Hall–Kier alpha value is -3.21. The van der Waals surface area contributed by atoms with E-state index in [2.05, 4.69) is 15.5 Å². The predicted octanol–water partition coefficient (Wildman–Crippen LogP) is 3.01. The highest BCUT2D eigenvalue weighted by Crippen LogP contribution is 2.14. The lowest BCUT2D eigenvalue weighted by atomic mass is 10.1. The summed E-state index contributed by atoms with van der Waals surface area (Å²) in [6, 6.07) is 16.5. The first-order valence-electron chi connectivity index (χ1n) is 7.09. The highest BCUT2D eigenvalue weighted by molar-refractivity contribution is 5.99. The summed E-state index contributed by atoms with van der Waals surface area (Å²) in [5.41, 5.74) is 4.71. The molecule has 2 aromatic carbocycles. The maximum atomic E-state index is 12.0. The molecular weight excluding hydrogens is 290 g/mol. The predicted molar refractivity (Wildman–Crippen MR) is 89.8 cm³/mol. The molecule has 114 valence electrons. The minimum absolute atomic E-state index is 0.280.